The number of likely N-dealkylation sites (tertiary alicyclic amines) is 1. The molecule has 0 spiro atoms. The summed E-state index contributed by atoms with van der Waals surface area (Å²) < 4.78 is 77.8. The molecule has 3 aliphatic rings. The summed E-state index contributed by atoms with van der Waals surface area (Å²) in [7, 11) is -3.79. The summed E-state index contributed by atoms with van der Waals surface area (Å²) in [4.78, 5) is 14.2. The fourth-order valence-electron chi connectivity index (χ4n) is 4.50. The van der Waals surface area contributed by atoms with Crippen LogP contribution in [0.5, 0.6) is 11.5 Å². The second-order valence-corrected chi connectivity index (χ2v) is 10.4. The van der Waals surface area contributed by atoms with Crippen LogP contribution in [0.15, 0.2) is 23.1 Å². The van der Waals surface area contributed by atoms with E-state index in [1.807, 2.05) is 0 Å². The van der Waals surface area contributed by atoms with Crippen molar-refractivity contribution in [3.8, 4) is 11.5 Å². The number of halogens is 3. The Morgan fingerprint density at radius 3 is 2.34 bits per heavy atom. The smallest absolute Gasteiger partial charge is 0.393 e. The fraction of sp³-hybridized carbons (Fsp3) is 0.667. The van der Waals surface area contributed by atoms with E-state index in [4.69, 9.17) is 9.47 Å². The fourth-order valence-corrected chi connectivity index (χ4v) is 5.98. The summed E-state index contributed by atoms with van der Waals surface area (Å²) in [6, 6.07) is 4.51. The van der Waals surface area contributed by atoms with Crippen LogP contribution in [0.2, 0.25) is 0 Å². The molecular weight excluding hydrogens is 449 g/mol. The zero-order valence-electron chi connectivity index (χ0n) is 17.6. The number of piperidine rings is 2. The highest BCUT2D eigenvalue weighted by Crippen LogP contribution is 2.36. The second kappa shape index (κ2) is 9.09. The van der Waals surface area contributed by atoms with Gasteiger partial charge in [0.15, 0.2) is 11.5 Å². The highest BCUT2D eigenvalue weighted by atomic mass is 32.2. The van der Waals surface area contributed by atoms with Gasteiger partial charge in [-0.05, 0) is 37.8 Å². The van der Waals surface area contributed by atoms with E-state index in [2.05, 4.69) is 0 Å². The Kier molecular flexibility index (Phi) is 6.58. The van der Waals surface area contributed by atoms with Gasteiger partial charge in [0.1, 0.15) is 0 Å². The van der Waals surface area contributed by atoms with Gasteiger partial charge in [-0.2, -0.15) is 17.5 Å². The number of alkyl halides is 3. The van der Waals surface area contributed by atoms with Gasteiger partial charge in [-0.15, -0.1) is 0 Å². The van der Waals surface area contributed by atoms with Crippen LogP contribution in [-0.2, 0) is 14.8 Å². The van der Waals surface area contributed by atoms with Gasteiger partial charge in [-0.3, -0.25) is 4.79 Å². The van der Waals surface area contributed by atoms with Crippen LogP contribution in [-0.4, -0.2) is 69.1 Å². The molecule has 1 aromatic rings. The molecule has 1 amide bonds. The van der Waals surface area contributed by atoms with Gasteiger partial charge < -0.3 is 14.4 Å². The minimum absolute atomic E-state index is 0.0412. The van der Waals surface area contributed by atoms with Crippen LogP contribution >= 0.6 is 0 Å². The predicted molar refractivity (Wildman–Crippen MR) is 109 cm³/mol. The number of benzene rings is 1. The van der Waals surface area contributed by atoms with Crippen LogP contribution in [0.3, 0.4) is 0 Å². The molecule has 2 fully saturated rings. The molecule has 3 aliphatic heterocycles. The van der Waals surface area contributed by atoms with E-state index in [0.29, 0.717) is 44.1 Å². The first-order valence-corrected chi connectivity index (χ1v) is 12.4. The molecule has 4 rings (SSSR count). The van der Waals surface area contributed by atoms with Crippen LogP contribution < -0.4 is 9.47 Å². The topological polar surface area (TPSA) is 76.2 Å². The zero-order valence-corrected chi connectivity index (χ0v) is 18.5. The number of carbonyl (C=O) groups is 1. The second-order valence-electron chi connectivity index (χ2n) is 8.50. The standard InChI is InChI=1S/C21H27F3N2O5S/c22-21(23,24)16-3-1-8-25(14-16)20(27)15-6-9-26(10-7-15)32(28,29)17-4-5-18-19(13-17)31-12-2-11-30-18/h4-5,13,15-16H,1-3,6-12,14H2. The average molecular weight is 477 g/mol. The molecule has 178 valence electrons. The minimum Gasteiger partial charge on any atom is -0.490 e. The Bertz CT molecular complexity index is 945. The monoisotopic (exact) mass is 476 g/mol. The number of carbonyl (C=O) groups excluding carboxylic acids is 1. The van der Waals surface area contributed by atoms with Gasteiger partial charge >= 0.3 is 6.18 Å². The molecule has 0 saturated carbocycles. The summed E-state index contributed by atoms with van der Waals surface area (Å²) in [5, 5.41) is 0. The first-order valence-electron chi connectivity index (χ1n) is 10.9. The number of hydrogen-bond acceptors (Lipinski definition) is 5. The molecule has 11 heteroatoms. The minimum atomic E-state index is -4.31. The molecule has 0 bridgehead atoms. The summed E-state index contributed by atoms with van der Waals surface area (Å²) in [5.41, 5.74) is 0. The lowest BCUT2D eigenvalue weighted by molar-refractivity contribution is -0.188. The molecule has 1 unspecified atom stereocenters. The third kappa shape index (κ3) is 4.83. The normalized spacial score (nSPS) is 23.6. The van der Waals surface area contributed by atoms with Crippen molar-refractivity contribution < 1.29 is 35.9 Å². The van der Waals surface area contributed by atoms with Gasteiger partial charge in [0.2, 0.25) is 15.9 Å². The summed E-state index contributed by atoms with van der Waals surface area (Å²) >= 11 is 0. The van der Waals surface area contributed by atoms with Gasteiger partial charge in [-0.1, -0.05) is 0 Å². The first-order chi connectivity index (χ1) is 15.2. The van der Waals surface area contributed by atoms with Gasteiger partial charge in [0, 0.05) is 44.6 Å². The van der Waals surface area contributed by atoms with Crippen molar-refractivity contribution in [3.05, 3.63) is 18.2 Å². The Balaban J connectivity index is 1.39. The third-order valence-corrected chi connectivity index (χ3v) is 8.25. The Hall–Kier alpha value is -2.01. The van der Waals surface area contributed by atoms with Gasteiger partial charge in [0.25, 0.3) is 0 Å². The quantitative estimate of drug-likeness (QED) is 0.670. The van der Waals surface area contributed by atoms with E-state index in [0.717, 1.165) is 0 Å². The van der Waals surface area contributed by atoms with Crippen molar-refractivity contribution in [2.24, 2.45) is 11.8 Å². The predicted octanol–water partition coefficient (Wildman–Crippen LogP) is 3.05. The molecule has 2 saturated heterocycles. The molecule has 1 aromatic carbocycles. The Morgan fingerprint density at radius 1 is 0.969 bits per heavy atom. The summed E-state index contributed by atoms with van der Waals surface area (Å²) in [5.74, 6) is -1.36. The third-order valence-electron chi connectivity index (χ3n) is 6.36. The maximum Gasteiger partial charge on any atom is 0.393 e. The Labute approximate surface area is 185 Å². The van der Waals surface area contributed by atoms with E-state index < -0.39 is 28.0 Å². The van der Waals surface area contributed by atoms with Crippen molar-refractivity contribution in [2.45, 2.75) is 43.2 Å². The molecule has 0 aromatic heterocycles. The molecule has 1 atom stereocenters. The maximum atomic E-state index is 13.1. The molecule has 7 nitrogen and oxygen atoms in total. The molecule has 0 N–H and O–H groups in total. The van der Waals surface area contributed by atoms with E-state index in [9.17, 15) is 26.4 Å². The lowest BCUT2D eigenvalue weighted by atomic mass is 9.92. The molecule has 32 heavy (non-hydrogen) atoms. The molecular formula is C21H27F3N2O5S. The summed E-state index contributed by atoms with van der Waals surface area (Å²) in [6.07, 6.45) is -2.66. The number of fused-ring (bicyclic) bond motifs is 1. The maximum absolute atomic E-state index is 13.1. The van der Waals surface area contributed by atoms with Crippen LogP contribution in [0.4, 0.5) is 13.2 Å². The Morgan fingerprint density at radius 2 is 1.66 bits per heavy atom. The van der Waals surface area contributed by atoms with E-state index in [1.54, 1.807) is 6.07 Å². The number of sulfonamides is 1. The van der Waals surface area contributed by atoms with E-state index in [1.165, 1.54) is 21.3 Å². The highest BCUT2D eigenvalue weighted by molar-refractivity contribution is 7.89. The van der Waals surface area contributed by atoms with E-state index >= 15 is 0 Å². The van der Waals surface area contributed by atoms with Crippen molar-refractivity contribution in [1.82, 2.24) is 9.21 Å². The highest BCUT2D eigenvalue weighted by Gasteiger charge is 2.44. The number of rotatable bonds is 3. The lowest BCUT2D eigenvalue weighted by Crippen LogP contribution is -2.49. The van der Waals surface area contributed by atoms with Crippen molar-refractivity contribution in [1.29, 1.82) is 0 Å². The van der Waals surface area contributed by atoms with Crippen molar-refractivity contribution in [3.63, 3.8) is 0 Å². The van der Waals surface area contributed by atoms with Crippen LogP contribution in [0, 0.1) is 11.8 Å². The SMILES string of the molecule is O=C(C1CCN(S(=O)(=O)c2ccc3c(c2)OCCCO3)CC1)N1CCCC(C(F)(F)F)C1. The lowest BCUT2D eigenvalue weighted by Gasteiger charge is -2.38. The van der Waals surface area contributed by atoms with Crippen LogP contribution in [0.1, 0.15) is 32.1 Å². The molecule has 0 aliphatic carbocycles. The molecule has 0 radical (unpaired) electrons. The van der Waals surface area contributed by atoms with E-state index in [-0.39, 0.29) is 49.7 Å². The van der Waals surface area contributed by atoms with Gasteiger partial charge in [0.05, 0.1) is 24.0 Å². The van der Waals surface area contributed by atoms with Crippen LogP contribution in [0.25, 0.3) is 0 Å². The summed E-state index contributed by atoms with van der Waals surface area (Å²) in [6.45, 7) is 1.24. The number of hydrogen-bond donors (Lipinski definition) is 0. The number of nitrogens with zero attached hydrogens (tertiary/aromatic N) is 2. The number of amides is 1. The van der Waals surface area contributed by atoms with Crippen molar-refractivity contribution >= 4 is 15.9 Å². The van der Waals surface area contributed by atoms with Crippen molar-refractivity contribution in [2.75, 3.05) is 39.4 Å². The molecule has 3 heterocycles. The number of ether oxygens (including phenoxy) is 2. The largest absolute Gasteiger partial charge is 0.490 e. The zero-order chi connectivity index (χ0) is 22.9. The van der Waals surface area contributed by atoms with Gasteiger partial charge in [-0.25, -0.2) is 8.42 Å². The average Bonchev–Trinajstić information content (AvgIpc) is 3.03. The first kappa shape index (κ1) is 23.2.